The number of aliphatic hydroxyl groups excluding tert-OH is 2. The van der Waals surface area contributed by atoms with E-state index in [0.29, 0.717) is 0 Å². The van der Waals surface area contributed by atoms with Gasteiger partial charge in [-0.05, 0) is 45.6 Å². The quantitative estimate of drug-likeness (QED) is 0.717. The number of carbonyl (C=O) groups excluding carboxylic acids is 1. The minimum Gasteiger partial charge on any atom is -0.390 e. The van der Waals surface area contributed by atoms with Crippen molar-refractivity contribution in [3.63, 3.8) is 0 Å². The molecular weight excluding hydrogens is 298 g/mol. The van der Waals surface area contributed by atoms with Crippen molar-refractivity contribution < 1.29 is 24.5 Å². The van der Waals surface area contributed by atoms with Gasteiger partial charge >= 0.3 is 0 Å². The number of allylic oxidation sites excluding steroid dienone is 1. The highest BCUT2D eigenvalue weighted by Crippen LogP contribution is 2.22. The molecule has 1 amide bonds. The van der Waals surface area contributed by atoms with Crippen LogP contribution in [0.3, 0.4) is 0 Å². The number of hydrogen-bond donors (Lipinski definition) is 2. The monoisotopic (exact) mass is 327 g/mol. The molecule has 0 aliphatic carbocycles. The molecule has 5 atom stereocenters. The molecule has 0 aromatic rings. The Kier molecular flexibility index (Phi) is 7.02. The van der Waals surface area contributed by atoms with Gasteiger partial charge in [-0.2, -0.15) is 0 Å². The van der Waals surface area contributed by atoms with E-state index >= 15 is 0 Å². The van der Waals surface area contributed by atoms with E-state index in [0.717, 1.165) is 38.8 Å². The normalized spacial score (nSPS) is 33.3. The molecule has 23 heavy (non-hydrogen) atoms. The van der Waals surface area contributed by atoms with Crippen molar-refractivity contribution in [3.8, 4) is 0 Å². The SMILES string of the molecule is CC(CC/C=C/C(=O)N1CCCC1)O[C@@H]1O[C@@H](C)[C@H](O)C[C@H]1O. The molecular formula is C17H29NO5. The van der Waals surface area contributed by atoms with Crippen LogP contribution in [0, 0.1) is 0 Å². The molecule has 2 aliphatic rings. The van der Waals surface area contributed by atoms with Crippen molar-refractivity contribution in [1.82, 2.24) is 4.90 Å². The Balaban J connectivity index is 1.66. The van der Waals surface area contributed by atoms with Gasteiger partial charge in [-0.25, -0.2) is 0 Å². The Morgan fingerprint density at radius 1 is 1.35 bits per heavy atom. The second-order valence-corrected chi connectivity index (χ2v) is 6.54. The van der Waals surface area contributed by atoms with Crippen molar-refractivity contribution >= 4 is 5.91 Å². The third-order valence-electron chi connectivity index (χ3n) is 4.47. The minimum absolute atomic E-state index is 0.0879. The van der Waals surface area contributed by atoms with Crippen molar-refractivity contribution in [2.24, 2.45) is 0 Å². The summed E-state index contributed by atoms with van der Waals surface area (Å²) in [5, 5.41) is 19.5. The van der Waals surface area contributed by atoms with Gasteiger partial charge in [0.1, 0.15) is 6.10 Å². The van der Waals surface area contributed by atoms with E-state index < -0.39 is 18.5 Å². The maximum absolute atomic E-state index is 11.8. The Hall–Kier alpha value is -0.950. The molecule has 0 saturated carbocycles. The number of rotatable bonds is 6. The molecule has 2 saturated heterocycles. The standard InChI is InChI=1S/C17H29NO5/c1-12(22-17-15(20)11-14(19)13(2)23-17)7-3-4-8-16(21)18-9-5-6-10-18/h4,8,12-15,17,19-20H,3,5-7,9-11H2,1-2H3/b8-4+/t12?,13-,14+,15+,17+/m0/s1. The first kappa shape index (κ1) is 18.4. The van der Waals surface area contributed by atoms with Crippen LogP contribution in [-0.2, 0) is 14.3 Å². The molecule has 6 nitrogen and oxygen atoms in total. The van der Waals surface area contributed by atoms with Crippen LogP contribution in [0.2, 0.25) is 0 Å². The topological polar surface area (TPSA) is 79.2 Å². The van der Waals surface area contributed by atoms with Gasteiger partial charge in [-0.3, -0.25) is 4.79 Å². The fourth-order valence-electron chi connectivity index (χ4n) is 2.92. The number of aliphatic hydroxyl groups is 2. The highest BCUT2D eigenvalue weighted by Gasteiger charge is 2.35. The minimum atomic E-state index is -0.809. The van der Waals surface area contributed by atoms with Gasteiger partial charge < -0.3 is 24.6 Å². The summed E-state index contributed by atoms with van der Waals surface area (Å²) in [5.41, 5.74) is 0. The van der Waals surface area contributed by atoms with Crippen LogP contribution >= 0.6 is 0 Å². The van der Waals surface area contributed by atoms with Crippen LogP contribution < -0.4 is 0 Å². The van der Waals surface area contributed by atoms with E-state index in [1.807, 2.05) is 17.9 Å². The Bertz CT molecular complexity index is 408. The van der Waals surface area contributed by atoms with Crippen LogP contribution in [-0.4, -0.2) is 64.8 Å². The highest BCUT2D eigenvalue weighted by atomic mass is 16.7. The lowest BCUT2D eigenvalue weighted by Crippen LogP contribution is -2.48. The van der Waals surface area contributed by atoms with Crippen molar-refractivity contribution in [1.29, 1.82) is 0 Å². The first-order chi connectivity index (χ1) is 11.0. The van der Waals surface area contributed by atoms with E-state index in [4.69, 9.17) is 9.47 Å². The van der Waals surface area contributed by atoms with E-state index in [-0.39, 0.29) is 24.5 Å². The Morgan fingerprint density at radius 3 is 2.74 bits per heavy atom. The second-order valence-electron chi connectivity index (χ2n) is 6.54. The Morgan fingerprint density at radius 2 is 2.04 bits per heavy atom. The van der Waals surface area contributed by atoms with Crippen molar-refractivity contribution in [3.05, 3.63) is 12.2 Å². The average molecular weight is 327 g/mol. The van der Waals surface area contributed by atoms with Crippen LogP contribution in [0.1, 0.15) is 46.0 Å². The smallest absolute Gasteiger partial charge is 0.246 e. The lowest BCUT2D eigenvalue weighted by atomic mass is 10.0. The van der Waals surface area contributed by atoms with Crippen LogP contribution in [0.15, 0.2) is 12.2 Å². The molecule has 0 aromatic heterocycles. The predicted octanol–water partition coefficient (Wildman–Crippen LogP) is 1.21. The van der Waals surface area contributed by atoms with Gasteiger partial charge in [0, 0.05) is 19.5 Å². The molecule has 0 aromatic carbocycles. The summed E-state index contributed by atoms with van der Waals surface area (Å²) in [5.74, 6) is 0.0879. The molecule has 2 rings (SSSR count). The van der Waals surface area contributed by atoms with Gasteiger partial charge in [-0.1, -0.05) is 6.08 Å². The zero-order valence-electron chi connectivity index (χ0n) is 14.1. The number of ether oxygens (including phenoxy) is 2. The lowest BCUT2D eigenvalue weighted by molar-refractivity contribution is -0.273. The molecule has 0 bridgehead atoms. The summed E-state index contributed by atoms with van der Waals surface area (Å²) in [4.78, 5) is 13.7. The van der Waals surface area contributed by atoms with Crippen LogP contribution in [0.5, 0.6) is 0 Å². The molecule has 2 fully saturated rings. The largest absolute Gasteiger partial charge is 0.390 e. The zero-order chi connectivity index (χ0) is 16.8. The molecule has 132 valence electrons. The Labute approximate surface area is 138 Å². The third kappa shape index (κ3) is 5.57. The van der Waals surface area contributed by atoms with E-state index in [2.05, 4.69) is 0 Å². The zero-order valence-corrected chi connectivity index (χ0v) is 14.1. The van der Waals surface area contributed by atoms with Crippen molar-refractivity contribution in [2.45, 2.75) is 76.7 Å². The van der Waals surface area contributed by atoms with Gasteiger partial charge in [0.05, 0.1) is 18.3 Å². The number of hydrogen-bond acceptors (Lipinski definition) is 5. The molecule has 6 heteroatoms. The lowest BCUT2D eigenvalue weighted by Gasteiger charge is -2.36. The van der Waals surface area contributed by atoms with Gasteiger partial charge in [0.25, 0.3) is 0 Å². The fraction of sp³-hybridized carbons (Fsp3) is 0.824. The fourth-order valence-corrected chi connectivity index (χ4v) is 2.92. The highest BCUT2D eigenvalue weighted by molar-refractivity contribution is 5.87. The first-order valence-electron chi connectivity index (χ1n) is 8.60. The maximum Gasteiger partial charge on any atom is 0.246 e. The molecule has 2 N–H and O–H groups in total. The van der Waals surface area contributed by atoms with E-state index in [1.165, 1.54) is 0 Å². The maximum atomic E-state index is 11.8. The number of amides is 1. The summed E-state index contributed by atoms with van der Waals surface area (Å²) in [6, 6.07) is 0. The van der Waals surface area contributed by atoms with Gasteiger partial charge in [-0.15, -0.1) is 0 Å². The number of likely N-dealkylation sites (tertiary alicyclic amines) is 1. The number of nitrogens with zero attached hydrogens (tertiary/aromatic N) is 1. The second kappa shape index (κ2) is 8.78. The summed E-state index contributed by atoms with van der Waals surface area (Å²) >= 11 is 0. The van der Waals surface area contributed by atoms with Crippen LogP contribution in [0.4, 0.5) is 0 Å². The molecule has 2 heterocycles. The predicted molar refractivity (Wildman–Crippen MR) is 85.7 cm³/mol. The molecule has 0 radical (unpaired) electrons. The third-order valence-corrected chi connectivity index (χ3v) is 4.47. The molecule has 1 unspecified atom stereocenters. The molecule has 0 spiro atoms. The van der Waals surface area contributed by atoms with E-state index in [1.54, 1.807) is 13.0 Å². The average Bonchev–Trinajstić information content (AvgIpc) is 3.03. The van der Waals surface area contributed by atoms with Crippen molar-refractivity contribution in [2.75, 3.05) is 13.1 Å². The van der Waals surface area contributed by atoms with Crippen LogP contribution in [0.25, 0.3) is 0 Å². The summed E-state index contributed by atoms with van der Waals surface area (Å²) in [6.07, 6.45) is 4.87. The summed E-state index contributed by atoms with van der Waals surface area (Å²) in [7, 11) is 0. The molecule has 2 aliphatic heterocycles. The summed E-state index contributed by atoms with van der Waals surface area (Å²) < 4.78 is 11.2. The number of carbonyl (C=O) groups is 1. The van der Waals surface area contributed by atoms with Gasteiger partial charge in [0.15, 0.2) is 6.29 Å². The summed E-state index contributed by atoms with van der Waals surface area (Å²) in [6.45, 7) is 5.42. The first-order valence-corrected chi connectivity index (χ1v) is 8.60. The van der Waals surface area contributed by atoms with E-state index in [9.17, 15) is 15.0 Å². The van der Waals surface area contributed by atoms with Gasteiger partial charge in [0.2, 0.25) is 5.91 Å².